The Balaban J connectivity index is 2.36. The van der Waals surface area contributed by atoms with Gasteiger partial charge < -0.3 is 0 Å². The highest BCUT2D eigenvalue weighted by atomic mass is 33.5. The lowest BCUT2D eigenvalue weighted by Gasteiger charge is -2.00. The Morgan fingerprint density at radius 1 is 1.13 bits per heavy atom. The Morgan fingerprint density at radius 2 is 1.87 bits per heavy atom. The summed E-state index contributed by atoms with van der Waals surface area (Å²) in [6, 6.07) is 10.3. The molecule has 0 bridgehead atoms. The molecule has 0 aliphatic carbocycles. The first-order chi connectivity index (χ1) is 7.36. The van der Waals surface area contributed by atoms with Gasteiger partial charge >= 0.3 is 0 Å². The minimum Gasteiger partial charge on any atom is -0.0990 e. The molecule has 0 amide bonds. The first-order valence-electron chi connectivity index (χ1n) is 4.38. The molecule has 0 saturated heterocycles. The molecule has 0 atom stereocenters. The van der Waals surface area contributed by atoms with Crippen LogP contribution >= 0.6 is 31.4 Å². The van der Waals surface area contributed by atoms with E-state index < -0.39 is 0 Å². The van der Waals surface area contributed by atoms with Crippen molar-refractivity contribution < 1.29 is 0 Å². The molecule has 1 aromatic carbocycles. The van der Waals surface area contributed by atoms with E-state index in [4.69, 9.17) is 0 Å². The van der Waals surface area contributed by atoms with E-state index in [0.717, 1.165) is 4.91 Å². The molecule has 0 nitrogen and oxygen atoms in total. The van der Waals surface area contributed by atoms with E-state index in [9.17, 15) is 0 Å². The van der Waals surface area contributed by atoms with E-state index in [2.05, 4.69) is 25.3 Å². The Kier molecular flexibility index (Phi) is 6.48. The second-order valence-corrected chi connectivity index (χ2v) is 6.60. The topological polar surface area (TPSA) is 0 Å². The predicted octanol–water partition coefficient (Wildman–Crippen LogP) is 5.33. The van der Waals surface area contributed by atoms with Crippen molar-refractivity contribution in [1.82, 2.24) is 0 Å². The first-order valence-corrected chi connectivity index (χ1v) is 7.86. The molecular weight excluding hydrogens is 240 g/mol. The minimum atomic E-state index is 1.12. The van der Waals surface area contributed by atoms with Gasteiger partial charge in [0.2, 0.25) is 0 Å². The maximum Gasteiger partial charge on any atom is 0.0191 e. The van der Waals surface area contributed by atoms with Crippen LogP contribution in [0.4, 0.5) is 0 Å². The van der Waals surface area contributed by atoms with Crippen molar-refractivity contribution in [1.29, 1.82) is 0 Å². The zero-order chi connectivity index (χ0) is 10.9. The fraction of sp³-hybridized carbons (Fsp3) is 0. The van der Waals surface area contributed by atoms with E-state index in [1.54, 1.807) is 37.5 Å². The van der Waals surface area contributed by atoms with Crippen LogP contribution in [0, 0.1) is 0 Å². The molecule has 0 spiro atoms. The van der Waals surface area contributed by atoms with Crippen molar-refractivity contribution in [2.75, 3.05) is 0 Å². The van der Waals surface area contributed by atoms with Gasteiger partial charge in [0.05, 0.1) is 0 Å². The molecule has 1 aromatic rings. The molecule has 0 saturated carbocycles. The van der Waals surface area contributed by atoms with Gasteiger partial charge in [0.25, 0.3) is 0 Å². The summed E-state index contributed by atoms with van der Waals surface area (Å²) < 4.78 is 0. The molecule has 0 aromatic heterocycles. The van der Waals surface area contributed by atoms with E-state index in [0.29, 0.717) is 0 Å². The zero-order valence-corrected chi connectivity index (χ0v) is 10.7. The van der Waals surface area contributed by atoms with Crippen molar-refractivity contribution in [2.24, 2.45) is 0 Å². The molecule has 0 aliphatic heterocycles. The van der Waals surface area contributed by atoms with E-state index in [1.165, 1.54) is 4.90 Å². The summed E-state index contributed by atoms with van der Waals surface area (Å²) in [7, 11) is 5.16. The lowest BCUT2D eigenvalue weighted by atomic mass is 10.4. The van der Waals surface area contributed by atoms with Crippen LogP contribution in [0.25, 0.3) is 0 Å². The van der Waals surface area contributed by atoms with Crippen LogP contribution < -0.4 is 0 Å². The summed E-state index contributed by atoms with van der Waals surface area (Å²) in [5.41, 5.74) is 0. The molecular formula is C12H12S3. The highest BCUT2D eigenvalue weighted by Gasteiger charge is 1.96. The highest BCUT2D eigenvalue weighted by molar-refractivity contribution is 9.10. The zero-order valence-electron chi connectivity index (χ0n) is 8.26. The smallest absolute Gasteiger partial charge is 0.0191 e. The van der Waals surface area contributed by atoms with Crippen molar-refractivity contribution in [3.05, 3.63) is 66.6 Å². The largest absolute Gasteiger partial charge is 0.0990 e. The van der Waals surface area contributed by atoms with Gasteiger partial charge in [-0.2, -0.15) is 0 Å². The molecule has 1 rings (SSSR count). The molecule has 15 heavy (non-hydrogen) atoms. The van der Waals surface area contributed by atoms with Gasteiger partial charge in [-0.25, -0.2) is 0 Å². The van der Waals surface area contributed by atoms with Crippen molar-refractivity contribution in [2.45, 2.75) is 4.90 Å². The fourth-order valence-corrected chi connectivity index (χ4v) is 4.49. The van der Waals surface area contributed by atoms with Crippen LogP contribution in [0.15, 0.2) is 71.5 Å². The average Bonchev–Trinajstić information content (AvgIpc) is 2.29. The van der Waals surface area contributed by atoms with Gasteiger partial charge in [0.15, 0.2) is 0 Å². The van der Waals surface area contributed by atoms with Crippen molar-refractivity contribution >= 4 is 31.4 Å². The molecule has 0 fully saturated rings. The highest BCUT2D eigenvalue weighted by Crippen LogP contribution is 2.44. The monoisotopic (exact) mass is 252 g/mol. The van der Waals surface area contributed by atoms with E-state index >= 15 is 0 Å². The lowest BCUT2D eigenvalue weighted by Crippen LogP contribution is -1.64. The van der Waals surface area contributed by atoms with E-state index in [1.807, 2.05) is 30.4 Å². The standard InChI is InChI=1S/C12H12S3/c1-3-8-11(4-2)13-15-14-12-9-6-5-7-10-12/h3-10H,1-2H2/b11-8+. The summed E-state index contributed by atoms with van der Waals surface area (Å²) >= 11 is 0. The minimum absolute atomic E-state index is 1.12. The number of benzene rings is 1. The number of rotatable bonds is 6. The van der Waals surface area contributed by atoms with Gasteiger partial charge in [0.1, 0.15) is 0 Å². The van der Waals surface area contributed by atoms with Gasteiger partial charge in [-0.05, 0) is 49.6 Å². The van der Waals surface area contributed by atoms with Gasteiger partial charge in [0, 0.05) is 9.80 Å². The molecule has 78 valence electrons. The van der Waals surface area contributed by atoms with Crippen LogP contribution in [-0.4, -0.2) is 0 Å². The van der Waals surface area contributed by atoms with Gasteiger partial charge in [-0.15, -0.1) is 0 Å². The normalized spacial score (nSPS) is 11.1. The summed E-state index contributed by atoms with van der Waals surface area (Å²) in [6.45, 7) is 7.41. The molecule has 0 aliphatic rings. The third-order valence-electron chi connectivity index (χ3n) is 1.49. The predicted molar refractivity (Wildman–Crippen MR) is 76.0 cm³/mol. The quantitative estimate of drug-likeness (QED) is 0.496. The van der Waals surface area contributed by atoms with Gasteiger partial charge in [-0.1, -0.05) is 43.5 Å². The Hall–Kier alpha value is -0.510. The fourth-order valence-electron chi connectivity index (χ4n) is 0.818. The number of allylic oxidation sites excluding steroid dienone is 3. The summed E-state index contributed by atoms with van der Waals surface area (Å²) in [5, 5.41) is 0. The molecule has 0 radical (unpaired) electrons. The maximum absolute atomic E-state index is 3.75. The Morgan fingerprint density at radius 3 is 2.47 bits per heavy atom. The van der Waals surface area contributed by atoms with Crippen LogP contribution in [0.1, 0.15) is 0 Å². The third-order valence-corrected chi connectivity index (χ3v) is 5.37. The molecule has 3 heteroatoms. The maximum atomic E-state index is 3.75. The third kappa shape index (κ3) is 5.21. The van der Waals surface area contributed by atoms with Crippen LogP contribution in [0.5, 0.6) is 0 Å². The van der Waals surface area contributed by atoms with Crippen molar-refractivity contribution in [3.63, 3.8) is 0 Å². The second-order valence-electron chi connectivity index (χ2n) is 2.56. The van der Waals surface area contributed by atoms with Crippen LogP contribution in [0.2, 0.25) is 0 Å². The Labute approximate surface area is 103 Å². The summed E-state index contributed by atoms with van der Waals surface area (Å²) in [4.78, 5) is 2.38. The number of hydrogen-bond acceptors (Lipinski definition) is 3. The second kappa shape index (κ2) is 7.74. The van der Waals surface area contributed by atoms with Crippen LogP contribution in [-0.2, 0) is 0 Å². The first kappa shape index (κ1) is 12.6. The molecule has 0 N–H and O–H groups in total. The van der Waals surface area contributed by atoms with Crippen LogP contribution in [0.3, 0.4) is 0 Å². The lowest BCUT2D eigenvalue weighted by molar-refractivity contribution is 1.48. The van der Waals surface area contributed by atoms with E-state index in [-0.39, 0.29) is 0 Å². The Bertz CT molecular complexity index is 341. The summed E-state index contributed by atoms with van der Waals surface area (Å²) in [5.74, 6) is 0. The SMILES string of the molecule is C=C/C=C(\C=C)SSSc1ccccc1. The average molecular weight is 252 g/mol. The van der Waals surface area contributed by atoms with Gasteiger partial charge in [-0.3, -0.25) is 0 Å². The number of hydrogen-bond donors (Lipinski definition) is 0. The summed E-state index contributed by atoms with van der Waals surface area (Å²) in [6.07, 6.45) is 5.57. The van der Waals surface area contributed by atoms with Crippen molar-refractivity contribution in [3.8, 4) is 0 Å². The molecule has 0 unspecified atom stereocenters. The molecule has 0 heterocycles.